The van der Waals surface area contributed by atoms with Gasteiger partial charge in [0, 0.05) is 12.6 Å². The lowest BCUT2D eigenvalue weighted by Gasteiger charge is -2.06. The number of nitrogens with zero attached hydrogens (tertiary/aromatic N) is 1. The first-order valence-corrected chi connectivity index (χ1v) is 3.81. The van der Waals surface area contributed by atoms with E-state index in [-0.39, 0.29) is 0 Å². The molecular formula is C11H11N. The summed E-state index contributed by atoms with van der Waals surface area (Å²) in [5.41, 5.74) is 2.97. The molecule has 0 aromatic heterocycles. The highest BCUT2D eigenvalue weighted by Gasteiger charge is 2.04. The first-order valence-electron chi connectivity index (χ1n) is 3.81. The molecule has 0 bridgehead atoms. The summed E-state index contributed by atoms with van der Waals surface area (Å²) >= 11 is 0. The van der Waals surface area contributed by atoms with Gasteiger partial charge >= 0.3 is 0 Å². The molecule has 1 aliphatic carbocycles. The zero-order chi connectivity index (χ0) is 8.97. The quantitative estimate of drug-likeness (QED) is 0.478. The Hall–Kier alpha value is -1.55. The second-order valence-electron chi connectivity index (χ2n) is 2.43. The Bertz CT molecular complexity index is 333. The van der Waals surface area contributed by atoms with Gasteiger partial charge in [-0.3, -0.25) is 4.99 Å². The Balaban J connectivity index is 3.08. The van der Waals surface area contributed by atoms with Crippen molar-refractivity contribution in [1.29, 1.82) is 0 Å². The highest BCUT2D eigenvalue weighted by Crippen LogP contribution is 2.12. The van der Waals surface area contributed by atoms with Crippen molar-refractivity contribution in [3.63, 3.8) is 0 Å². The van der Waals surface area contributed by atoms with E-state index >= 15 is 0 Å². The van der Waals surface area contributed by atoms with Crippen molar-refractivity contribution in [2.45, 2.75) is 6.92 Å². The molecule has 0 unspecified atom stereocenters. The summed E-state index contributed by atoms with van der Waals surface area (Å²) in [5, 5.41) is 0. The molecule has 0 radical (unpaired) electrons. The van der Waals surface area contributed by atoms with Gasteiger partial charge in [-0.1, -0.05) is 12.0 Å². The van der Waals surface area contributed by atoms with Gasteiger partial charge in [0.25, 0.3) is 0 Å². The Morgan fingerprint density at radius 1 is 1.50 bits per heavy atom. The topological polar surface area (TPSA) is 12.4 Å². The maximum Gasteiger partial charge on any atom is 0.0640 e. The molecule has 0 fully saturated rings. The van der Waals surface area contributed by atoms with E-state index in [1.807, 2.05) is 31.2 Å². The third-order valence-corrected chi connectivity index (χ3v) is 1.75. The zero-order valence-electron chi connectivity index (χ0n) is 7.33. The molecule has 60 valence electrons. The largest absolute Gasteiger partial charge is 0.288 e. The first-order chi connectivity index (χ1) is 5.81. The summed E-state index contributed by atoms with van der Waals surface area (Å²) in [4.78, 5) is 4.12. The summed E-state index contributed by atoms with van der Waals surface area (Å²) < 4.78 is 0. The van der Waals surface area contributed by atoms with E-state index in [1.165, 1.54) is 0 Å². The molecule has 0 N–H and O–H groups in total. The van der Waals surface area contributed by atoms with E-state index < -0.39 is 0 Å². The number of hydrogen-bond donors (Lipinski definition) is 0. The second-order valence-corrected chi connectivity index (χ2v) is 2.43. The van der Waals surface area contributed by atoms with Gasteiger partial charge in [0.15, 0.2) is 0 Å². The Morgan fingerprint density at radius 2 is 2.25 bits per heavy atom. The third-order valence-electron chi connectivity index (χ3n) is 1.75. The molecule has 1 nitrogen and oxygen atoms in total. The molecule has 1 heteroatoms. The molecule has 0 atom stereocenters. The van der Waals surface area contributed by atoms with Gasteiger partial charge in [-0.25, -0.2) is 0 Å². The molecule has 0 amide bonds. The Kier molecular flexibility index (Phi) is 2.66. The highest BCUT2D eigenvalue weighted by molar-refractivity contribution is 6.12. The van der Waals surface area contributed by atoms with Crippen LogP contribution in [0.5, 0.6) is 0 Å². The molecule has 0 spiro atoms. The summed E-state index contributed by atoms with van der Waals surface area (Å²) in [6, 6.07) is 0. The van der Waals surface area contributed by atoms with Gasteiger partial charge in [-0.2, -0.15) is 0 Å². The van der Waals surface area contributed by atoms with Crippen molar-refractivity contribution >= 4 is 5.71 Å². The van der Waals surface area contributed by atoms with Crippen molar-refractivity contribution in [3.8, 4) is 12.3 Å². The van der Waals surface area contributed by atoms with E-state index in [2.05, 4.69) is 10.9 Å². The Labute approximate surface area is 73.2 Å². The fourth-order valence-electron chi connectivity index (χ4n) is 1.08. The number of aliphatic imine (C=N–C) groups is 1. The highest BCUT2D eigenvalue weighted by atomic mass is 14.7. The predicted octanol–water partition coefficient (Wildman–Crippen LogP) is 2.13. The van der Waals surface area contributed by atoms with Crippen molar-refractivity contribution in [1.82, 2.24) is 0 Å². The van der Waals surface area contributed by atoms with Crippen LogP contribution in [-0.4, -0.2) is 12.8 Å². The van der Waals surface area contributed by atoms with Gasteiger partial charge < -0.3 is 0 Å². The molecular weight excluding hydrogens is 146 g/mol. The molecule has 12 heavy (non-hydrogen) atoms. The minimum absolute atomic E-state index is 0.899. The van der Waals surface area contributed by atoms with E-state index in [0.717, 1.165) is 16.9 Å². The lowest BCUT2D eigenvalue weighted by atomic mass is 10.0. The molecule has 1 aliphatic rings. The summed E-state index contributed by atoms with van der Waals surface area (Å²) in [6.07, 6.45) is 13.1. The molecule has 0 aromatic rings. The normalized spacial score (nSPS) is 22.6. The van der Waals surface area contributed by atoms with Gasteiger partial charge in [0.1, 0.15) is 0 Å². The maximum atomic E-state index is 5.27. The molecule has 0 saturated heterocycles. The van der Waals surface area contributed by atoms with Crippen LogP contribution >= 0.6 is 0 Å². The van der Waals surface area contributed by atoms with Gasteiger partial charge in [-0.05, 0) is 30.7 Å². The van der Waals surface area contributed by atoms with E-state index in [4.69, 9.17) is 6.42 Å². The lowest BCUT2D eigenvalue weighted by Crippen LogP contribution is -2.01. The van der Waals surface area contributed by atoms with Crippen LogP contribution in [-0.2, 0) is 0 Å². The number of terminal acetylenes is 1. The minimum Gasteiger partial charge on any atom is -0.288 e. The van der Waals surface area contributed by atoms with Crippen molar-refractivity contribution in [2.24, 2.45) is 4.99 Å². The monoisotopic (exact) mass is 157 g/mol. The molecule has 0 aromatic carbocycles. The van der Waals surface area contributed by atoms with Crippen LogP contribution in [0, 0.1) is 12.3 Å². The van der Waals surface area contributed by atoms with Gasteiger partial charge in [0.2, 0.25) is 0 Å². The van der Waals surface area contributed by atoms with E-state index in [9.17, 15) is 0 Å². The standard InChI is InChI=1S/C11H11N/c1-4-9-6-7-11(12-3)10(5-2)8-9/h1,5-8H,2-3H3/b10-5-,12-11?. The molecule has 0 aliphatic heterocycles. The number of allylic oxidation sites excluding steroid dienone is 6. The number of rotatable bonds is 0. The predicted molar refractivity (Wildman–Crippen MR) is 53.2 cm³/mol. The van der Waals surface area contributed by atoms with Crippen LogP contribution in [0.15, 0.2) is 40.4 Å². The smallest absolute Gasteiger partial charge is 0.0640 e. The van der Waals surface area contributed by atoms with Crippen LogP contribution in [0.4, 0.5) is 0 Å². The lowest BCUT2D eigenvalue weighted by molar-refractivity contribution is 1.42. The molecule has 1 rings (SSSR count). The zero-order valence-corrected chi connectivity index (χ0v) is 7.33. The fraction of sp³-hybridized carbons (Fsp3) is 0.182. The Morgan fingerprint density at radius 3 is 2.75 bits per heavy atom. The molecule has 0 heterocycles. The van der Waals surface area contributed by atoms with Crippen LogP contribution in [0.25, 0.3) is 0 Å². The average Bonchev–Trinajstić information content (AvgIpc) is 2.16. The van der Waals surface area contributed by atoms with E-state index in [1.54, 1.807) is 7.05 Å². The van der Waals surface area contributed by atoms with Crippen LogP contribution in [0.3, 0.4) is 0 Å². The number of hydrogen-bond acceptors (Lipinski definition) is 1. The first kappa shape index (κ1) is 8.55. The van der Waals surface area contributed by atoms with Gasteiger partial charge in [-0.15, -0.1) is 6.42 Å². The van der Waals surface area contributed by atoms with E-state index in [0.29, 0.717) is 0 Å². The van der Waals surface area contributed by atoms with Crippen molar-refractivity contribution in [3.05, 3.63) is 35.5 Å². The van der Waals surface area contributed by atoms with Crippen molar-refractivity contribution in [2.75, 3.05) is 7.05 Å². The van der Waals surface area contributed by atoms with Gasteiger partial charge in [0.05, 0.1) is 5.71 Å². The third kappa shape index (κ3) is 1.54. The van der Waals surface area contributed by atoms with Crippen LogP contribution in [0.1, 0.15) is 6.92 Å². The fourth-order valence-corrected chi connectivity index (χ4v) is 1.08. The summed E-state index contributed by atoms with van der Waals surface area (Å²) in [6.45, 7) is 1.98. The maximum absolute atomic E-state index is 5.27. The second kappa shape index (κ2) is 3.73. The minimum atomic E-state index is 0.899. The summed E-state index contributed by atoms with van der Waals surface area (Å²) in [5.74, 6) is 2.59. The molecule has 0 saturated carbocycles. The SMILES string of the molecule is C#CC1=C/C(=C/C)C(=NC)C=C1. The van der Waals surface area contributed by atoms with Crippen LogP contribution in [0.2, 0.25) is 0 Å². The average molecular weight is 157 g/mol. The van der Waals surface area contributed by atoms with Crippen LogP contribution < -0.4 is 0 Å². The summed E-state index contributed by atoms with van der Waals surface area (Å²) in [7, 11) is 1.78. The van der Waals surface area contributed by atoms with Crippen molar-refractivity contribution < 1.29 is 0 Å².